The third-order valence-electron chi connectivity index (χ3n) is 4.49. The largest absolute Gasteiger partial charge is 0.300 e. The molecule has 0 atom stereocenters. The van der Waals surface area contributed by atoms with E-state index in [1.807, 2.05) is 30.5 Å². The second-order valence-electron chi connectivity index (χ2n) is 6.93. The zero-order valence-electron chi connectivity index (χ0n) is 15.7. The van der Waals surface area contributed by atoms with Gasteiger partial charge in [-0.05, 0) is 65.2 Å². The summed E-state index contributed by atoms with van der Waals surface area (Å²) >= 11 is 13.6. The van der Waals surface area contributed by atoms with Crippen molar-refractivity contribution < 1.29 is 4.79 Å². The number of aromatic nitrogens is 1. The number of amides is 1. The van der Waals surface area contributed by atoms with Crippen molar-refractivity contribution in [1.29, 1.82) is 0 Å². The third-order valence-corrected chi connectivity index (χ3v) is 6.01. The highest BCUT2D eigenvalue weighted by Crippen LogP contribution is 2.35. The number of hydrogen-bond acceptors (Lipinski definition) is 4. The van der Waals surface area contributed by atoms with E-state index in [2.05, 4.69) is 35.2 Å². The first-order valence-electron chi connectivity index (χ1n) is 9.04. The molecule has 4 nitrogen and oxygen atoms in total. The fourth-order valence-electron chi connectivity index (χ4n) is 2.90. The number of amidine groups is 1. The lowest BCUT2D eigenvalue weighted by atomic mass is 10.0. The van der Waals surface area contributed by atoms with Crippen LogP contribution in [0.25, 0.3) is 17.0 Å². The van der Waals surface area contributed by atoms with Crippen molar-refractivity contribution in [3.63, 3.8) is 0 Å². The fourth-order valence-corrected chi connectivity index (χ4v) is 4.21. The van der Waals surface area contributed by atoms with Crippen LogP contribution in [0.2, 0.25) is 10.0 Å². The van der Waals surface area contributed by atoms with Crippen LogP contribution >= 0.6 is 35.0 Å². The van der Waals surface area contributed by atoms with E-state index in [-0.39, 0.29) is 5.91 Å². The number of carbonyl (C=O) groups excluding carboxylic acids is 1. The number of fused-ring (bicyclic) bond motifs is 1. The van der Waals surface area contributed by atoms with Crippen molar-refractivity contribution in [3.05, 3.63) is 74.7 Å². The molecule has 1 aliphatic heterocycles. The Balaban J connectivity index is 1.65. The Bertz CT molecular complexity index is 1170. The van der Waals surface area contributed by atoms with Crippen LogP contribution in [-0.2, 0) is 4.79 Å². The molecule has 3 aromatic rings. The molecule has 1 saturated heterocycles. The van der Waals surface area contributed by atoms with Crippen LogP contribution in [0, 0.1) is 0 Å². The second-order valence-corrected chi connectivity index (χ2v) is 8.77. The Morgan fingerprint density at radius 3 is 2.62 bits per heavy atom. The van der Waals surface area contributed by atoms with Crippen molar-refractivity contribution >= 4 is 68.7 Å². The molecular formula is C22H17Cl2N3OS. The number of pyridine rings is 1. The lowest BCUT2D eigenvalue weighted by molar-refractivity contribution is -0.115. The fraction of sp³-hybridized carbons (Fsp3) is 0.136. The number of halogens is 2. The Morgan fingerprint density at radius 1 is 1.14 bits per heavy atom. The Labute approximate surface area is 183 Å². The van der Waals surface area contributed by atoms with Gasteiger partial charge in [0.1, 0.15) is 5.69 Å². The zero-order chi connectivity index (χ0) is 20.5. The molecule has 4 rings (SSSR count). The van der Waals surface area contributed by atoms with Crippen LogP contribution in [0.5, 0.6) is 0 Å². The summed E-state index contributed by atoms with van der Waals surface area (Å²) in [6, 6.07) is 13.3. The van der Waals surface area contributed by atoms with Crippen LogP contribution in [-0.4, -0.2) is 16.1 Å². The quantitative estimate of drug-likeness (QED) is 0.468. The topological polar surface area (TPSA) is 54.4 Å². The molecule has 2 aromatic carbocycles. The number of aliphatic imine (C=N–C) groups is 1. The third kappa shape index (κ3) is 4.32. The zero-order valence-corrected chi connectivity index (χ0v) is 18.1. The molecule has 146 valence electrons. The summed E-state index contributed by atoms with van der Waals surface area (Å²) in [6.07, 6.45) is 3.76. The van der Waals surface area contributed by atoms with Gasteiger partial charge in [-0.3, -0.25) is 9.78 Å². The SMILES string of the molecule is CC(C)c1cnc2ccc(/C=C3/SC(=Nc4c(Cl)cccc4Cl)NC3=O)cc2c1. The number of carbonyl (C=O) groups is 1. The van der Waals surface area contributed by atoms with Crippen LogP contribution in [0.1, 0.15) is 30.9 Å². The Kier molecular flexibility index (Phi) is 5.63. The van der Waals surface area contributed by atoms with Gasteiger partial charge in [0.05, 0.1) is 20.5 Å². The lowest BCUT2D eigenvalue weighted by Crippen LogP contribution is -2.19. The molecule has 1 fully saturated rings. The van der Waals surface area contributed by atoms with Crippen LogP contribution in [0.3, 0.4) is 0 Å². The predicted molar refractivity (Wildman–Crippen MR) is 123 cm³/mol. The van der Waals surface area contributed by atoms with Crippen molar-refractivity contribution in [1.82, 2.24) is 10.3 Å². The van der Waals surface area contributed by atoms with Gasteiger partial charge in [-0.15, -0.1) is 0 Å². The molecule has 2 heterocycles. The van der Waals surface area contributed by atoms with Gasteiger partial charge in [0.15, 0.2) is 5.17 Å². The Morgan fingerprint density at radius 2 is 1.90 bits per heavy atom. The van der Waals surface area contributed by atoms with Gasteiger partial charge in [0, 0.05) is 11.6 Å². The molecule has 1 N–H and O–H groups in total. The van der Waals surface area contributed by atoms with Gasteiger partial charge < -0.3 is 5.32 Å². The van der Waals surface area contributed by atoms with E-state index in [1.165, 1.54) is 17.3 Å². The van der Waals surface area contributed by atoms with E-state index in [1.54, 1.807) is 18.2 Å². The maximum atomic E-state index is 12.4. The minimum atomic E-state index is -0.203. The molecule has 0 bridgehead atoms. The summed E-state index contributed by atoms with van der Waals surface area (Å²) in [6.45, 7) is 4.28. The maximum Gasteiger partial charge on any atom is 0.264 e. The van der Waals surface area contributed by atoms with Gasteiger partial charge in [-0.1, -0.05) is 49.2 Å². The van der Waals surface area contributed by atoms with Crippen molar-refractivity contribution in [2.45, 2.75) is 19.8 Å². The van der Waals surface area contributed by atoms with Gasteiger partial charge in [0.2, 0.25) is 0 Å². The lowest BCUT2D eigenvalue weighted by Gasteiger charge is -2.06. The molecule has 29 heavy (non-hydrogen) atoms. The molecule has 0 saturated carbocycles. The molecule has 0 spiro atoms. The molecular weight excluding hydrogens is 425 g/mol. The molecule has 7 heteroatoms. The smallest absolute Gasteiger partial charge is 0.264 e. The number of nitrogens with one attached hydrogen (secondary N) is 1. The number of thioether (sulfide) groups is 1. The minimum absolute atomic E-state index is 0.203. The summed E-state index contributed by atoms with van der Waals surface area (Å²) in [5.41, 5.74) is 3.48. The van der Waals surface area contributed by atoms with Crippen LogP contribution in [0.15, 0.2) is 58.6 Å². The molecule has 1 aliphatic rings. The van der Waals surface area contributed by atoms with Crippen molar-refractivity contribution in [2.75, 3.05) is 0 Å². The molecule has 0 unspecified atom stereocenters. The van der Waals surface area contributed by atoms with Gasteiger partial charge in [-0.2, -0.15) is 0 Å². The summed E-state index contributed by atoms with van der Waals surface area (Å²) in [4.78, 5) is 21.9. The predicted octanol–water partition coefficient (Wildman–Crippen LogP) is 6.56. The van der Waals surface area contributed by atoms with Crippen molar-refractivity contribution in [3.8, 4) is 0 Å². The number of nitrogens with zero attached hydrogens (tertiary/aromatic N) is 2. The van der Waals surface area contributed by atoms with Crippen molar-refractivity contribution in [2.24, 2.45) is 4.99 Å². The highest BCUT2D eigenvalue weighted by Gasteiger charge is 2.24. The minimum Gasteiger partial charge on any atom is -0.300 e. The van der Waals surface area contributed by atoms with E-state index in [0.29, 0.717) is 31.7 Å². The van der Waals surface area contributed by atoms with Crippen LogP contribution in [0.4, 0.5) is 5.69 Å². The molecule has 1 aromatic heterocycles. The van der Waals surface area contributed by atoms with E-state index in [4.69, 9.17) is 23.2 Å². The highest BCUT2D eigenvalue weighted by atomic mass is 35.5. The first-order valence-corrected chi connectivity index (χ1v) is 10.6. The van der Waals surface area contributed by atoms with Crippen LogP contribution < -0.4 is 5.32 Å². The van der Waals surface area contributed by atoms with E-state index in [0.717, 1.165) is 16.5 Å². The van der Waals surface area contributed by atoms with E-state index in [9.17, 15) is 4.79 Å². The number of rotatable bonds is 3. The van der Waals surface area contributed by atoms with Gasteiger partial charge in [-0.25, -0.2) is 4.99 Å². The summed E-state index contributed by atoms with van der Waals surface area (Å²) in [5, 5.41) is 5.12. The van der Waals surface area contributed by atoms with E-state index < -0.39 is 0 Å². The van der Waals surface area contributed by atoms with Gasteiger partial charge >= 0.3 is 0 Å². The number of benzene rings is 2. The second kappa shape index (κ2) is 8.19. The average Bonchev–Trinajstić information content (AvgIpc) is 3.03. The number of hydrogen-bond donors (Lipinski definition) is 1. The molecule has 1 amide bonds. The maximum absolute atomic E-state index is 12.4. The summed E-state index contributed by atoms with van der Waals surface area (Å²) in [7, 11) is 0. The highest BCUT2D eigenvalue weighted by molar-refractivity contribution is 8.18. The first-order chi connectivity index (χ1) is 13.9. The number of para-hydroxylation sites is 1. The monoisotopic (exact) mass is 441 g/mol. The Hall–Kier alpha value is -2.34. The summed E-state index contributed by atoms with van der Waals surface area (Å²) < 4.78 is 0. The standard InChI is InChI=1S/C22H17Cl2N3OS/c1-12(2)15-10-14-8-13(6-7-18(14)25-11-15)9-19-21(28)27-22(29-19)26-20-16(23)4-3-5-17(20)24/h3-12H,1-2H3,(H,26,27,28)/b19-9+. The van der Waals surface area contributed by atoms with Gasteiger partial charge in [0.25, 0.3) is 5.91 Å². The molecule has 0 radical (unpaired) electrons. The summed E-state index contributed by atoms with van der Waals surface area (Å²) in [5.74, 6) is 0.201. The normalized spacial score (nSPS) is 16.9. The molecule has 0 aliphatic carbocycles. The average molecular weight is 442 g/mol. The first kappa shape index (κ1) is 20.0. The van der Waals surface area contributed by atoms with E-state index >= 15 is 0 Å².